The summed E-state index contributed by atoms with van der Waals surface area (Å²) in [5.74, 6) is 0. The number of thiocarbonyl (C=S) groups is 2. The molecular formula is C34H30N8O6S4. The molecule has 0 fully saturated rings. The molecule has 0 atom stereocenters. The van der Waals surface area contributed by atoms with Crippen molar-refractivity contribution in [3.05, 3.63) is 133 Å². The topological polar surface area (TPSA) is 199 Å². The van der Waals surface area contributed by atoms with Crippen molar-refractivity contribution in [2.45, 2.75) is 9.79 Å². The molecule has 0 heterocycles. The van der Waals surface area contributed by atoms with Crippen LogP contribution >= 0.6 is 24.4 Å². The predicted molar refractivity (Wildman–Crippen MR) is 211 cm³/mol. The van der Waals surface area contributed by atoms with Gasteiger partial charge in [-0.25, -0.2) is 26.4 Å². The molecule has 18 heteroatoms. The summed E-state index contributed by atoms with van der Waals surface area (Å²) in [5.41, 5.74) is 1.72. The van der Waals surface area contributed by atoms with Crippen molar-refractivity contribution in [3.8, 4) is 0 Å². The number of benzene rings is 5. The molecule has 52 heavy (non-hydrogen) atoms. The lowest BCUT2D eigenvalue weighted by Crippen LogP contribution is -2.35. The third kappa shape index (κ3) is 10.5. The molecule has 266 valence electrons. The molecule has 0 bridgehead atoms. The highest BCUT2D eigenvalue weighted by Gasteiger charge is 2.22. The Hall–Kier alpha value is -6.08. The number of sulfonamides is 2. The summed E-state index contributed by atoms with van der Waals surface area (Å²) >= 11 is 10.5. The SMILES string of the molecule is O=C(Nc1ccccc1)Nc1ccccc1S(=O)(=O)NC(=S)Nc1cccc(NC(=S)NS(=O)(=O)c2ccccc2NC(=O)Nc2ccccc2)c1. The summed E-state index contributed by atoms with van der Waals surface area (Å²) in [5, 5.41) is 15.3. The summed E-state index contributed by atoms with van der Waals surface area (Å²) < 4.78 is 57.7. The van der Waals surface area contributed by atoms with Crippen molar-refractivity contribution in [2.75, 3.05) is 31.9 Å². The maximum Gasteiger partial charge on any atom is 0.323 e. The molecule has 14 nitrogen and oxygen atoms in total. The van der Waals surface area contributed by atoms with Crippen LogP contribution in [0, 0.1) is 0 Å². The predicted octanol–water partition coefficient (Wildman–Crippen LogP) is 6.33. The molecule has 5 aromatic rings. The number of amides is 4. The van der Waals surface area contributed by atoms with Crippen LogP contribution in [0.5, 0.6) is 0 Å². The van der Waals surface area contributed by atoms with E-state index in [-0.39, 0.29) is 31.4 Å². The van der Waals surface area contributed by atoms with Crippen LogP contribution in [0.1, 0.15) is 0 Å². The van der Waals surface area contributed by atoms with Crippen LogP contribution in [0.3, 0.4) is 0 Å². The Morgan fingerprint density at radius 3 is 1.15 bits per heavy atom. The van der Waals surface area contributed by atoms with Crippen molar-refractivity contribution in [1.29, 1.82) is 0 Å². The molecule has 0 saturated carbocycles. The molecule has 5 aromatic carbocycles. The number of carbonyl (C=O) groups excluding carboxylic acids is 2. The number of urea groups is 2. The first-order valence-corrected chi connectivity index (χ1v) is 18.9. The standard InChI is InChI=1S/C34H30N8O6S4/c43-31(35-23-12-3-1-4-13-23)39-27-18-7-9-20-29(27)51(45,46)41-33(49)37-25-16-11-17-26(22-25)38-34(50)42-52(47,48)30-21-10-8-19-28(30)40-32(44)36-24-14-5-2-6-15-24/h1-22H,(H2,35,39,43)(H2,36,40,44)(H2,37,41,49)(H2,38,42,50). The zero-order valence-electron chi connectivity index (χ0n) is 26.8. The quantitative estimate of drug-likeness (QED) is 0.0743. The molecule has 8 N–H and O–H groups in total. The van der Waals surface area contributed by atoms with Gasteiger partial charge in [-0.15, -0.1) is 0 Å². The Morgan fingerprint density at radius 1 is 0.404 bits per heavy atom. The summed E-state index contributed by atoms with van der Waals surface area (Å²) in [4.78, 5) is 24.6. The minimum Gasteiger partial charge on any atom is -0.332 e. The molecule has 0 radical (unpaired) electrons. The fourth-order valence-corrected chi connectivity index (χ4v) is 7.60. The monoisotopic (exact) mass is 774 g/mol. The van der Waals surface area contributed by atoms with E-state index in [1.807, 2.05) is 0 Å². The number of rotatable bonds is 10. The van der Waals surface area contributed by atoms with Crippen LogP contribution in [0.4, 0.5) is 43.7 Å². The Balaban J connectivity index is 1.19. The molecule has 0 aliphatic heterocycles. The van der Waals surface area contributed by atoms with Crippen LogP contribution in [-0.4, -0.2) is 39.1 Å². The van der Waals surface area contributed by atoms with Gasteiger partial charge in [0.2, 0.25) is 0 Å². The number of hydrogen-bond acceptors (Lipinski definition) is 8. The number of hydrogen-bond donors (Lipinski definition) is 8. The summed E-state index contributed by atoms with van der Waals surface area (Å²) in [7, 11) is -8.54. The van der Waals surface area contributed by atoms with Gasteiger partial charge in [0.05, 0.1) is 11.4 Å². The zero-order valence-corrected chi connectivity index (χ0v) is 30.1. The minimum atomic E-state index is -4.27. The maximum atomic E-state index is 13.3. The minimum absolute atomic E-state index is 0.0160. The molecule has 0 aliphatic carbocycles. The number of anilines is 6. The molecule has 0 aromatic heterocycles. The van der Waals surface area contributed by atoms with E-state index in [4.69, 9.17) is 24.4 Å². The zero-order chi connectivity index (χ0) is 37.1. The second-order valence-corrected chi connectivity index (χ2v) is 14.7. The van der Waals surface area contributed by atoms with Gasteiger partial charge in [-0.3, -0.25) is 9.44 Å². The molecule has 0 aliphatic rings. The lowest BCUT2D eigenvalue weighted by atomic mass is 10.3. The molecular weight excluding hydrogens is 745 g/mol. The normalized spacial score (nSPS) is 10.9. The Morgan fingerprint density at radius 2 is 0.750 bits per heavy atom. The van der Waals surface area contributed by atoms with Gasteiger partial charge < -0.3 is 31.9 Å². The van der Waals surface area contributed by atoms with Crippen molar-refractivity contribution < 1.29 is 26.4 Å². The van der Waals surface area contributed by atoms with Gasteiger partial charge in [0.25, 0.3) is 20.0 Å². The number of nitrogens with one attached hydrogen (secondary N) is 8. The van der Waals surface area contributed by atoms with Crippen LogP contribution < -0.4 is 41.3 Å². The Kier molecular flexibility index (Phi) is 12.0. The first kappa shape index (κ1) is 37.2. The second kappa shape index (κ2) is 16.8. The average Bonchev–Trinajstić information content (AvgIpc) is 3.09. The van der Waals surface area contributed by atoms with E-state index in [9.17, 15) is 26.4 Å². The maximum absolute atomic E-state index is 13.3. The number of para-hydroxylation sites is 4. The molecule has 5 rings (SSSR count). The van der Waals surface area contributed by atoms with E-state index in [0.29, 0.717) is 22.7 Å². The van der Waals surface area contributed by atoms with Crippen molar-refractivity contribution in [3.63, 3.8) is 0 Å². The first-order chi connectivity index (χ1) is 24.9. The van der Waals surface area contributed by atoms with Gasteiger partial charge in [0, 0.05) is 22.7 Å². The van der Waals surface area contributed by atoms with Gasteiger partial charge in [-0.2, -0.15) is 0 Å². The lowest BCUT2D eigenvalue weighted by molar-refractivity contribution is 0.261. The van der Waals surface area contributed by atoms with Crippen molar-refractivity contribution >= 4 is 101 Å². The molecule has 0 spiro atoms. The van der Waals surface area contributed by atoms with E-state index in [2.05, 4.69) is 41.3 Å². The van der Waals surface area contributed by atoms with Gasteiger partial charge in [0.1, 0.15) is 9.79 Å². The van der Waals surface area contributed by atoms with E-state index >= 15 is 0 Å². The summed E-state index contributed by atoms with van der Waals surface area (Å²) in [6.45, 7) is 0. The van der Waals surface area contributed by atoms with Gasteiger partial charge in [0.15, 0.2) is 10.2 Å². The van der Waals surface area contributed by atoms with E-state index < -0.39 is 32.1 Å². The van der Waals surface area contributed by atoms with Crippen LogP contribution in [-0.2, 0) is 20.0 Å². The fourth-order valence-electron chi connectivity index (χ4n) is 4.56. The largest absolute Gasteiger partial charge is 0.332 e. The summed E-state index contributed by atoms with van der Waals surface area (Å²) in [6.07, 6.45) is 0. The third-order valence-corrected chi connectivity index (χ3v) is 10.2. The van der Waals surface area contributed by atoms with Crippen LogP contribution in [0.15, 0.2) is 143 Å². The summed E-state index contributed by atoms with van der Waals surface area (Å²) in [6, 6.07) is 33.8. The van der Waals surface area contributed by atoms with Crippen molar-refractivity contribution in [2.24, 2.45) is 0 Å². The van der Waals surface area contributed by atoms with E-state index in [0.717, 1.165) is 0 Å². The molecule has 4 amide bonds. The van der Waals surface area contributed by atoms with Gasteiger partial charge in [-0.05, 0) is 91.2 Å². The van der Waals surface area contributed by atoms with Gasteiger partial charge in [-0.1, -0.05) is 66.7 Å². The third-order valence-electron chi connectivity index (χ3n) is 6.75. The molecule has 0 saturated heterocycles. The van der Waals surface area contributed by atoms with Crippen molar-refractivity contribution in [1.82, 2.24) is 9.44 Å². The van der Waals surface area contributed by atoms with Crippen LogP contribution in [0.25, 0.3) is 0 Å². The smallest absolute Gasteiger partial charge is 0.323 e. The lowest BCUT2D eigenvalue weighted by Gasteiger charge is -2.16. The van der Waals surface area contributed by atoms with E-state index in [1.54, 1.807) is 91.0 Å². The average molecular weight is 775 g/mol. The highest BCUT2D eigenvalue weighted by atomic mass is 32.2. The fraction of sp³-hybridized carbons (Fsp3) is 0. The van der Waals surface area contributed by atoms with E-state index in [1.165, 1.54) is 42.5 Å². The first-order valence-electron chi connectivity index (χ1n) is 15.1. The van der Waals surface area contributed by atoms with Crippen LogP contribution in [0.2, 0.25) is 0 Å². The van der Waals surface area contributed by atoms with Gasteiger partial charge >= 0.3 is 12.1 Å². The Labute approximate surface area is 310 Å². The second-order valence-electron chi connectivity index (χ2n) is 10.6. The highest BCUT2D eigenvalue weighted by Crippen LogP contribution is 2.23. The number of carbonyl (C=O) groups is 2. The highest BCUT2D eigenvalue weighted by molar-refractivity contribution is 7.92. The molecule has 0 unspecified atom stereocenters. The Bertz CT molecular complexity index is 2170.